The number of aromatic nitrogens is 3. The fourth-order valence-electron chi connectivity index (χ4n) is 3.41. The van der Waals surface area contributed by atoms with Gasteiger partial charge in [0.1, 0.15) is 11.2 Å². The fourth-order valence-corrected chi connectivity index (χ4v) is 3.93. The zero-order chi connectivity index (χ0) is 25.1. The number of rotatable bonds is 5. The lowest BCUT2D eigenvalue weighted by atomic mass is 10.1. The highest BCUT2D eigenvalue weighted by molar-refractivity contribution is 6.34. The van der Waals surface area contributed by atoms with Crippen LogP contribution in [0.3, 0.4) is 0 Å². The molecule has 13 heteroatoms. The molecule has 0 unspecified atom stereocenters. The first-order valence-electron chi connectivity index (χ1n) is 9.68. The number of carbonyl (C=O) groups excluding carboxylic acids is 1. The van der Waals surface area contributed by atoms with E-state index in [1.165, 1.54) is 24.5 Å². The molecule has 6 nitrogen and oxygen atoms in total. The van der Waals surface area contributed by atoms with Crippen molar-refractivity contribution in [1.82, 2.24) is 19.7 Å². The summed E-state index contributed by atoms with van der Waals surface area (Å²) >= 11 is 12.1. The fraction of sp³-hybridized carbons (Fsp3) is 0.286. The number of amides is 1. The average molecular weight is 518 g/mol. The van der Waals surface area contributed by atoms with Crippen molar-refractivity contribution >= 4 is 29.1 Å². The number of halogens is 7. The lowest BCUT2D eigenvalue weighted by Crippen LogP contribution is -2.35. The molecule has 0 spiro atoms. The molecule has 3 aromatic rings. The summed E-state index contributed by atoms with van der Waals surface area (Å²) in [7, 11) is 1.02. The van der Waals surface area contributed by atoms with Gasteiger partial charge < -0.3 is 9.88 Å². The predicted molar refractivity (Wildman–Crippen MR) is 113 cm³/mol. The largest absolute Gasteiger partial charge is 0.459 e. The molecule has 1 saturated carbocycles. The molecule has 0 saturated heterocycles. The van der Waals surface area contributed by atoms with Crippen molar-refractivity contribution in [1.29, 1.82) is 5.26 Å². The Morgan fingerprint density at radius 2 is 1.82 bits per heavy atom. The lowest BCUT2D eigenvalue weighted by Gasteiger charge is -2.20. The molecule has 1 N–H and O–H groups in total. The Bertz CT molecular complexity index is 1330. The summed E-state index contributed by atoms with van der Waals surface area (Å²) in [5.74, 6) is -5.87. The number of alkyl halides is 5. The van der Waals surface area contributed by atoms with E-state index in [1.807, 2.05) is 6.07 Å². The van der Waals surface area contributed by atoms with Crippen LogP contribution in [-0.4, -0.2) is 32.0 Å². The zero-order valence-corrected chi connectivity index (χ0v) is 18.7. The smallest absolute Gasteiger partial charge is 0.334 e. The van der Waals surface area contributed by atoms with Gasteiger partial charge in [-0.1, -0.05) is 29.3 Å². The minimum absolute atomic E-state index is 0.109. The van der Waals surface area contributed by atoms with E-state index in [9.17, 15) is 32.0 Å². The molecule has 1 aromatic carbocycles. The van der Waals surface area contributed by atoms with Crippen LogP contribution in [0.15, 0.2) is 36.7 Å². The van der Waals surface area contributed by atoms with Crippen LogP contribution < -0.4 is 5.32 Å². The van der Waals surface area contributed by atoms with Crippen LogP contribution in [0.2, 0.25) is 10.0 Å². The van der Waals surface area contributed by atoms with Crippen molar-refractivity contribution in [3.63, 3.8) is 0 Å². The SMILES string of the molecule is Cn1c(C(F)(F)C(F)(F)F)cc(Cl)c1-n1cc(-c2ccc(Cl)c(C(=O)NC3(C#N)CC3)c2)cn1. The van der Waals surface area contributed by atoms with Crippen LogP contribution in [0, 0.1) is 11.3 Å². The number of nitrogens with one attached hydrogen (secondary N) is 1. The van der Waals surface area contributed by atoms with Crippen molar-refractivity contribution in [2.45, 2.75) is 30.5 Å². The molecule has 4 rings (SSSR count). The molecule has 2 heterocycles. The highest BCUT2D eigenvalue weighted by atomic mass is 35.5. The number of hydrogen-bond donors (Lipinski definition) is 1. The van der Waals surface area contributed by atoms with Crippen LogP contribution in [-0.2, 0) is 13.0 Å². The first kappa shape index (κ1) is 24.0. The van der Waals surface area contributed by atoms with Gasteiger partial charge in [0.05, 0.1) is 27.9 Å². The zero-order valence-electron chi connectivity index (χ0n) is 17.2. The molecule has 1 aliphatic rings. The second kappa shape index (κ2) is 7.99. The predicted octanol–water partition coefficient (Wildman–Crippen LogP) is 5.62. The molecule has 0 atom stereocenters. The monoisotopic (exact) mass is 517 g/mol. The van der Waals surface area contributed by atoms with E-state index >= 15 is 0 Å². The van der Waals surface area contributed by atoms with E-state index in [-0.39, 0.29) is 21.4 Å². The van der Waals surface area contributed by atoms with Gasteiger partial charge in [-0.15, -0.1) is 0 Å². The Kier molecular flexibility index (Phi) is 5.65. The average Bonchev–Trinajstić information content (AvgIpc) is 3.23. The summed E-state index contributed by atoms with van der Waals surface area (Å²) < 4.78 is 68.0. The van der Waals surface area contributed by atoms with Gasteiger partial charge in [-0.2, -0.15) is 32.3 Å². The molecule has 0 bridgehead atoms. The van der Waals surface area contributed by atoms with Crippen molar-refractivity contribution in [3.8, 4) is 23.0 Å². The molecule has 2 aromatic heterocycles. The molecule has 1 fully saturated rings. The Morgan fingerprint density at radius 1 is 1.15 bits per heavy atom. The van der Waals surface area contributed by atoms with Gasteiger partial charge in [0, 0.05) is 18.8 Å². The molecule has 34 heavy (non-hydrogen) atoms. The van der Waals surface area contributed by atoms with E-state index in [0.717, 1.165) is 11.7 Å². The van der Waals surface area contributed by atoms with Crippen molar-refractivity contribution in [3.05, 3.63) is 58.0 Å². The molecule has 1 aliphatic carbocycles. The van der Waals surface area contributed by atoms with Gasteiger partial charge in [-0.3, -0.25) is 4.79 Å². The normalized spacial score (nSPS) is 15.1. The van der Waals surface area contributed by atoms with Crippen molar-refractivity contribution < 1.29 is 26.7 Å². The topological polar surface area (TPSA) is 75.6 Å². The maximum Gasteiger partial charge on any atom is 0.459 e. The Labute approximate surface area is 199 Å². The lowest BCUT2D eigenvalue weighted by molar-refractivity contribution is -0.291. The number of benzene rings is 1. The first-order chi connectivity index (χ1) is 15.8. The molecular formula is C21H14Cl2F5N5O. The third-order valence-electron chi connectivity index (χ3n) is 5.49. The number of carbonyl (C=O) groups is 1. The maximum absolute atomic E-state index is 13.9. The summed E-state index contributed by atoms with van der Waals surface area (Å²) in [5, 5.41) is 15.6. The van der Waals surface area contributed by atoms with Gasteiger partial charge in [-0.25, -0.2) is 4.68 Å². The van der Waals surface area contributed by atoms with E-state index in [1.54, 1.807) is 6.07 Å². The summed E-state index contributed by atoms with van der Waals surface area (Å²) in [6.45, 7) is 0. The van der Waals surface area contributed by atoms with Crippen LogP contribution in [0.25, 0.3) is 16.9 Å². The Balaban J connectivity index is 1.68. The van der Waals surface area contributed by atoms with Gasteiger partial charge in [0.25, 0.3) is 5.91 Å². The van der Waals surface area contributed by atoms with E-state index < -0.39 is 29.2 Å². The summed E-state index contributed by atoms with van der Waals surface area (Å²) in [6, 6.07) is 7.09. The van der Waals surface area contributed by atoms with Crippen molar-refractivity contribution in [2.24, 2.45) is 7.05 Å². The van der Waals surface area contributed by atoms with Gasteiger partial charge in [0.2, 0.25) is 0 Å². The first-order valence-corrected chi connectivity index (χ1v) is 10.4. The molecular weight excluding hydrogens is 504 g/mol. The second-order valence-corrected chi connectivity index (χ2v) is 8.66. The maximum atomic E-state index is 13.9. The molecule has 1 amide bonds. The number of nitrogens with zero attached hydrogens (tertiary/aromatic N) is 4. The standard InChI is InChI=1S/C21H14Cl2F5N5O/c1-32-16(20(24,25)21(26,27)28)7-15(23)18(32)33-9-12(8-30-33)11-2-3-14(22)13(6-11)17(34)31-19(10-29)4-5-19/h2-3,6-9H,4-5H2,1H3,(H,31,34). The third-order valence-corrected chi connectivity index (χ3v) is 6.10. The molecule has 178 valence electrons. The van der Waals surface area contributed by atoms with Crippen LogP contribution >= 0.6 is 23.2 Å². The van der Waals surface area contributed by atoms with E-state index in [4.69, 9.17) is 23.2 Å². The minimum atomic E-state index is -5.81. The Morgan fingerprint density at radius 3 is 2.41 bits per heavy atom. The van der Waals surface area contributed by atoms with Crippen molar-refractivity contribution in [2.75, 3.05) is 0 Å². The van der Waals surface area contributed by atoms with Crippen LogP contribution in [0.5, 0.6) is 0 Å². The molecule has 0 radical (unpaired) electrons. The van der Waals surface area contributed by atoms with Crippen LogP contribution in [0.1, 0.15) is 28.9 Å². The summed E-state index contributed by atoms with van der Waals surface area (Å²) in [5.41, 5.74) is -1.26. The highest BCUT2D eigenvalue weighted by Gasteiger charge is 2.60. The Hall–Kier alpha value is -3.10. The van der Waals surface area contributed by atoms with Gasteiger partial charge in [-0.05, 0) is 36.6 Å². The second-order valence-electron chi connectivity index (χ2n) is 7.85. The number of nitriles is 1. The van der Waals surface area contributed by atoms with Gasteiger partial charge >= 0.3 is 12.1 Å². The minimum Gasteiger partial charge on any atom is -0.334 e. The number of hydrogen-bond acceptors (Lipinski definition) is 3. The van der Waals surface area contributed by atoms with Crippen LogP contribution in [0.4, 0.5) is 22.0 Å². The molecule has 0 aliphatic heterocycles. The summed E-state index contributed by atoms with van der Waals surface area (Å²) in [6.07, 6.45) is -2.05. The quantitative estimate of drug-likeness (QED) is 0.446. The van der Waals surface area contributed by atoms with Gasteiger partial charge in [0.15, 0.2) is 5.82 Å². The summed E-state index contributed by atoms with van der Waals surface area (Å²) in [4.78, 5) is 12.6. The third kappa shape index (κ3) is 4.01. The van der Waals surface area contributed by atoms with E-state index in [2.05, 4.69) is 10.4 Å². The highest BCUT2D eigenvalue weighted by Crippen LogP contribution is 2.46. The van der Waals surface area contributed by atoms with E-state index in [0.29, 0.717) is 34.6 Å².